The van der Waals surface area contributed by atoms with E-state index >= 15 is 0 Å². The van der Waals surface area contributed by atoms with Crippen LogP contribution in [0.2, 0.25) is 0 Å². The van der Waals surface area contributed by atoms with Crippen LogP contribution in [0, 0.1) is 11.8 Å². The van der Waals surface area contributed by atoms with Crippen molar-refractivity contribution in [2.24, 2.45) is 11.8 Å². The summed E-state index contributed by atoms with van der Waals surface area (Å²) in [6, 6.07) is 7.74. The molecule has 3 rings (SSSR count). The lowest BCUT2D eigenvalue weighted by molar-refractivity contribution is 0.0696. The standard InChI is InChI=1S/C17H21NO3/c1-10-7-8-13(11(10)2)18-9-15-16(17(19)20)12-5-3-4-6-14(12)21-15/h3-6,10-11,13,18H,7-9H2,1-2H3,(H,19,20). The van der Waals surface area contributed by atoms with E-state index in [1.165, 1.54) is 6.42 Å². The van der Waals surface area contributed by atoms with Crippen molar-refractivity contribution in [3.05, 3.63) is 35.6 Å². The fraction of sp³-hybridized carbons (Fsp3) is 0.471. The van der Waals surface area contributed by atoms with Gasteiger partial charge in [-0.2, -0.15) is 0 Å². The van der Waals surface area contributed by atoms with Crippen LogP contribution in [0.25, 0.3) is 11.0 Å². The van der Waals surface area contributed by atoms with E-state index in [1.807, 2.05) is 18.2 Å². The van der Waals surface area contributed by atoms with Gasteiger partial charge in [0.05, 0.1) is 6.54 Å². The summed E-state index contributed by atoms with van der Waals surface area (Å²) in [5.41, 5.74) is 0.927. The summed E-state index contributed by atoms with van der Waals surface area (Å²) in [5, 5.41) is 13.6. The van der Waals surface area contributed by atoms with Gasteiger partial charge in [-0.3, -0.25) is 0 Å². The van der Waals surface area contributed by atoms with Crippen LogP contribution < -0.4 is 5.32 Å². The molecule has 1 aliphatic rings. The average molecular weight is 287 g/mol. The molecule has 4 nitrogen and oxygen atoms in total. The van der Waals surface area contributed by atoms with Gasteiger partial charge in [-0.05, 0) is 30.7 Å². The number of fused-ring (bicyclic) bond motifs is 1. The Bertz CT molecular complexity index is 661. The summed E-state index contributed by atoms with van der Waals surface area (Å²) in [5.74, 6) is 0.930. The molecule has 1 aromatic heterocycles. The molecule has 0 bridgehead atoms. The molecular weight excluding hydrogens is 266 g/mol. The van der Waals surface area contributed by atoms with Crippen LogP contribution in [0.3, 0.4) is 0 Å². The molecule has 1 saturated carbocycles. The van der Waals surface area contributed by atoms with Crippen LogP contribution in [0.5, 0.6) is 0 Å². The van der Waals surface area contributed by atoms with Crippen molar-refractivity contribution in [1.29, 1.82) is 0 Å². The lowest BCUT2D eigenvalue weighted by atomic mass is 9.98. The first-order chi connectivity index (χ1) is 10.1. The minimum Gasteiger partial charge on any atom is -0.478 e. The van der Waals surface area contributed by atoms with E-state index in [2.05, 4.69) is 19.2 Å². The lowest BCUT2D eigenvalue weighted by Gasteiger charge is -2.19. The molecule has 3 atom stereocenters. The lowest BCUT2D eigenvalue weighted by Crippen LogP contribution is -2.32. The third kappa shape index (κ3) is 2.56. The molecule has 0 aliphatic heterocycles. The van der Waals surface area contributed by atoms with Gasteiger partial charge in [0.15, 0.2) is 0 Å². The fourth-order valence-electron chi connectivity index (χ4n) is 3.33. The Morgan fingerprint density at radius 1 is 1.33 bits per heavy atom. The van der Waals surface area contributed by atoms with E-state index in [1.54, 1.807) is 6.07 Å². The molecule has 3 unspecified atom stereocenters. The number of benzene rings is 1. The number of carboxylic acids is 1. The monoisotopic (exact) mass is 287 g/mol. The van der Waals surface area contributed by atoms with Gasteiger partial charge in [0.25, 0.3) is 0 Å². The maximum absolute atomic E-state index is 11.5. The topological polar surface area (TPSA) is 62.5 Å². The quantitative estimate of drug-likeness (QED) is 0.901. The highest BCUT2D eigenvalue weighted by molar-refractivity contribution is 6.03. The van der Waals surface area contributed by atoms with Crippen molar-refractivity contribution >= 4 is 16.9 Å². The Balaban J connectivity index is 1.84. The second-order valence-electron chi connectivity index (χ2n) is 6.10. The van der Waals surface area contributed by atoms with Gasteiger partial charge in [-0.1, -0.05) is 32.0 Å². The molecule has 0 amide bonds. The van der Waals surface area contributed by atoms with Crippen molar-refractivity contribution in [3.8, 4) is 0 Å². The second-order valence-corrected chi connectivity index (χ2v) is 6.10. The molecular formula is C17H21NO3. The number of nitrogens with one attached hydrogen (secondary N) is 1. The maximum Gasteiger partial charge on any atom is 0.339 e. The van der Waals surface area contributed by atoms with Crippen molar-refractivity contribution < 1.29 is 14.3 Å². The number of carboxylic acid groups (broad SMARTS) is 1. The van der Waals surface area contributed by atoms with Crippen LogP contribution in [-0.4, -0.2) is 17.1 Å². The summed E-state index contributed by atoms with van der Waals surface area (Å²) in [6.07, 6.45) is 2.37. The third-order valence-electron chi connectivity index (χ3n) is 4.87. The number of hydrogen-bond donors (Lipinski definition) is 2. The summed E-state index contributed by atoms with van der Waals surface area (Å²) >= 11 is 0. The normalized spacial score (nSPS) is 25.5. The van der Waals surface area contributed by atoms with Crippen LogP contribution in [0.4, 0.5) is 0 Å². The Hall–Kier alpha value is -1.81. The Morgan fingerprint density at radius 3 is 2.76 bits per heavy atom. The van der Waals surface area contributed by atoms with Gasteiger partial charge in [0.2, 0.25) is 0 Å². The molecule has 1 aliphatic carbocycles. The molecule has 21 heavy (non-hydrogen) atoms. The van der Waals surface area contributed by atoms with E-state index in [-0.39, 0.29) is 5.56 Å². The van der Waals surface area contributed by atoms with E-state index in [4.69, 9.17) is 4.42 Å². The SMILES string of the molecule is CC1CCC(NCc2oc3ccccc3c2C(=O)O)C1C. The third-order valence-corrected chi connectivity index (χ3v) is 4.87. The van der Waals surface area contributed by atoms with Crippen LogP contribution >= 0.6 is 0 Å². The maximum atomic E-state index is 11.5. The van der Waals surface area contributed by atoms with Gasteiger partial charge in [0, 0.05) is 11.4 Å². The molecule has 1 fully saturated rings. The van der Waals surface area contributed by atoms with Gasteiger partial charge < -0.3 is 14.8 Å². The first-order valence-corrected chi connectivity index (χ1v) is 7.55. The van der Waals surface area contributed by atoms with Gasteiger partial charge >= 0.3 is 5.97 Å². The smallest absolute Gasteiger partial charge is 0.339 e. The molecule has 2 N–H and O–H groups in total. The van der Waals surface area contributed by atoms with Crippen molar-refractivity contribution in [2.75, 3.05) is 0 Å². The van der Waals surface area contributed by atoms with Crippen LogP contribution in [0.15, 0.2) is 28.7 Å². The molecule has 0 spiro atoms. The average Bonchev–Trinajstić information content (AvgIpc) is 2.98. The number of aromatic carboxylic acids is 1. The predicted octanol–water partition coefficient (Wildman–Crippen LogP) is 3.66. The summed E-state index contributed by atoms with van der Waals surface area (Å²) < 4.78 is 5.74. The van der Waals surface area contributed by atoms with Gasteiger partial charge in [-0.25, -0.2) is 4.79 Å². The number of para-hydroxylation sites is 1. The van der Waals surface area contributed by atoms with E-state index in [9.17, 15) is 9.90 Å². The zero-order valence-corrected chi connectivity index (χ0v) is 12.4. The van der Waals surface area contributed by atoms with Crippen LogP contribution in [0.1, 0.15) is 42.8 Å². The zero-order valence-electron chi connectivity index (χ0n) is 12.4. The molecule has 4 heteroatoms. The highest BCUT2D eigenvalue weighted by Gasteiger charge is 2.30. The molecule has 112 valence electrons. The minimum absolute atomic E-state index is 0.289. The Morgan fingerprint density at radius 2 is 2.10 bits per heavy atom. The summed E-state index contributed by atoms with van der Waals surface area (Å²) in [6.45, 7) is 5.00. The van der Waals surface area contributed by atoms with Gasteiger partial charge in [0.1, 0.15) is 16.9 Å². The zero-order chi connectivity index (χ0) is 15.0. The highest BCUT2D eigenvalue weighted by atomic mass is 16.4. The number of hydrogen-bond acceptors (Lipinski definition) is 3. The van der Waals surface area contributed by atoms with Crippen LogP contribution in [-0.2, 0) is 6.54 Å². The van der Waals surface area contributed by atoms with E-state index < -0.39 is 5.97 Å². The largest absolute Gasteiger partial charge is 0.478 e. The highest BCUT2D eigenvalue weighted by Crippen LogP contribution is 2.32. The Kier molecular flexibility index (Phi) is 3.72. The number of rotatable bonds is 4. The number of carbonyl (C=O) groups is 1. The van der Waals surface area contributed by atoms with Crippen molar-refractivity contribution in [3.63, 3.8) is 0 Å². The molecule has 0 saturated heterocycles. The second kappa shape index (κ2) is 5.53. The first-order valence-electron chi connectivity index (χ1n) is 7.55. The predicted molar refractivity (Wildman–Crippen MR) is 81.4 cm³/mol. The molecule has 1 heterocycles. The Labute approximate surface area is 124 Å². The fourth-order valence-corrected chi connectivity index (χ4v) is 3.33. The number of furan rings is 1. The first kappa shape index (κ1) is 14.1. The minimum atomic E-state index is -0.926. The van der Waals surface area contributed by atoms with E-state index in [0.29, 0.717) is 35.2 Å². The van der Waals surface area contributed by atoms with Gasteiger partial charge in [-0.15, -0.1) is 0 Å². The molecule has 0 radical (unpaired) electrons. The van der Waals surface area contributed by atoms with E-state index in [0.717, 1.165) is 12.3 Å². The molecule has 1 aromatic carbocycles. The van der Waals surface area contributed by atoms with Crippen molar-refractivity contribution in [2.45, 2.75) is 39.3 Å². The summed E-state index contributed by atoms with van der Waals surface area (Å²) in [7, 11) is 0. The molecule has 2 aromatic rings. The van der Waals surface area contributed by atoms with Crippen molar-refractivity contribution in [1.82, 2.24) is 5.32 Å². The summed E-state index contributed by atoms with van der Waals surface area (Å²) in [4.78, 5) is 11.5.